The molecule has 210 valence electrons. The molecule has 2 fully saturated rings. The van der Waals surface area contributed by atoms with Crippen molar-refractivity contribution in [3.8, 4) is 0 Å². The van der Waals surface area contributed by atoms with Crippen molar-refractivity contribution in [3.05, 3.63) is 47.2 Å². The third-order valence-corrected chi connectivity index (χ3v) is 8.52. The van der Waals surface area contributed by atoms with Crippen molar-refractivity contribution in [3.63, 3.8) is 0 Å². The van der Waals surface area contributed by atoms with Gasteiger partial charge in [0.25, 0.3) is 11.8 Å². The summed E-state index contributed by atoms with van der Waals surface area (Å²) in [6, 6.07) is 2.30. The number of pyridine rings is 1. The molecule has 2 aromatic rings. The van der Waals surface area contributed by atoms with Gasteiger partial charge in [-0.05, 0) is 31.7 Å². The van der Waals surface area contributed by atoms with E-state index in [1.165, 1.54) is 11.8 Å². The zero-order valence-corrected chi connectivity index (χ0v) is 22.7. The van der Waals surface area contributed by atoms with Crippen molar-refractivity contribution < 1.29 is 38.8 Å². The lowest BCUT2D eigenvalue weighted by Gasteiger charge is -2.50. The Kier molecular flexibility index (Phi) is 7.97. The van der Waals surface area contributed by atoms with E-state index in [0.29, 0.717) is 11.1 Å². The lowest BCUT2D eigenvalue weighted by Crippen LogP contribution is -2.71. The second kappa shape index (κ2) is 11.6. The van der Waals surface area contributed by atoms with E-state index < -0.39 is 35.2 Å². The second-order valence-electron chi connectivity index (χ2n) is 9.46. The van der Waals surface area contributed by atoms with Crippen LogP contribution in [0.25, 0.3) is 0 Å². The molecule has 1 saturated heterocycles. The number of nitrogens with one attached hydrogen (secondary N) is 1. The highest BCUT2D eigenvalue weighted by molar-refractivity contribution is 8.00. The van der Waals surface area contributed by atoms with Crippen LogP contribution in [0.15, 0.2) is 41.0 Å². The van der Waals surface area contributed by atoms with Gasteiger partial charge in [0.15, 0.2) is 24.1 Å². The smallest absolute Gasteiger partial charge is 0.308 e. The Hall–Kier alpha value is -4.05. The van der Waals surface area contributed by atoms with Crippen molar-refractivity contribution in [2.24, 2.45) is 5.16 Å². The monoisotopic (exact) mass is 587 g/mol. The molecular weight excluding hydrogens is 562 g/mol. The summed E-state index contributed by atoms with van der Waals surface area (Å²) >= 11 is 2.17. The molecule has 0 radical (unpaired) electrons. The van der Waals surface area contributed by atoms with Crippen LogP contribution in [-0.4, -0.2) is 72.1 Å². The molecule has 0 bridgehead atoms. The number of amides is 2. The Morgan fingerprint density at radius 3 is 2.77 bits per heavy atom. The van der Waals surface area contributed by atoms with E-state index in [9.17, 15) is 24.3 Å². The summed E-state index contributed by atoms with van der Waals surface area (Å²) < 4.78 is 5.70. The number of oxime groups is 1. The van der Waals surface area contributed by atoms with Gasteiger partial charge in [0, 0.05) is 34.5 Å². The fourth-order valence-corrected chi connectivity index (χ4v) is 6.58. The van der Waals surface area contributed by atoms with Gasteiger partial charge < -0.3 is 30.9 Å². The number of aromatic nitrogens is 3. The summed E-state index contributed by atoms with van der Waals surface area (Å²) in [5, 5.41) is 27.3. The van der Waals surface area contributed by atoms with E-state index in [0.717, 1.165) is 42.1 Å². The van der Waals surface area contributed by atoms with Crippen LogP contribution in [0.4, 0.5) is 5.13 Å². The summed E-state index contributed by atoms with van der Waals surface area (Å²) in [7, 11) is 0. The van der Waals surface area contributed by atoms with Gasteiger partial charge in [-0.3, -0.25) is 19.3 Å². The largest absolute Gasteiger partial charge is 0.543 e. The van der Waals surface area contributed by atoms with E-state index in [1.54, 1.807) is 29.1 Å². The Balaban J connectivity index is 1.32. The van der Waals surface area contributed by atoms with E-state index in [1.807, 2.05) is 0 Å². The number of rotatable bonds is 10. The number of thioether (sulfide) groups is 1. The Morgan fingerprint density at radius 1 is 1.32 bits per heavy atom. The molecule has 2 atom stereocenters. The first-order valence-corrected chi connectivity index (χ1v) is 14.3. The number of anilines is 1. The Labute approximate surface area is 236 Å². The molecule has 1 unspecified atom stereocenters. The summed E-state index contributed by atoms with van der Waals surface area (Å²) in [4.78, 5) is 60.2. The number of nitrogen functional groups attached to an aromatic ring is 1. The van der Waals surface area contributed by atoms with Gasteiger partial charge in [-0.25, -0.2) is 4.57 Å². The SMILES string of the molecule is Nc1nc(C(=NOC2CCCC2)C(=O)NC2C(=O)N3C(C(=O)[O-])=C(C[n+]4cccc(CC(=O)O)c4)CS[C@@H]23)ns1. The highest BCUT2D eigenvalue weighted by Crippen LogP contribution is 2.40. The van der Waals surface area contributed by atoms with Crippen molar-refractivity contribution in [1.29, 1.82) is 0 Å². The fourth-order valence-electron chi connectivity index (χ4n) is 4.81. The molecule has 2 amide bonds. The number of aliphatic carboxylic acids is 2. The van der Waals surface area contributed by atoms with E-state index in [2.05, 4.69) is 19.8 Å². The Morgan fingerprint density at radius 2 is 2.10 bits per heavy atom. The molecule has 5 rings (SSSR count). The summed E-state index contributed by atoms with van der Waals surface area (Å²) in [6.07, 6.45) is 6.58. The molecule has 16 heteroatoms. The minimum absolute atomic E-state index is 0.0299. The van der Waals surface area contributed by atoms with Crippen LogP contribution in [0, 0.1) is 0 Å². The molecule has 3 aliphatic rings. The summed E-state index contributed by atoms with van der Waals surface area (Å²) in [5.74, 6) is -3.66. The van der Waals surface area contributed by atoms with Crippen molar-refractivity contribution in [1.82, 2.24) is 19.6 Å². The number of carboxylic acids is 2. The molecule has 0 spiro atoms. The molecule has 4 heterocycles. The van der Waals surface area contributed by atoms with Crippen molar-refractivity contribution >= 4 is 57.9 Å². The standard InChI is InChI=1S/C24H25N7O7S2/c25-24-27-19(29-40-24)16(28-38-14-5-1-2-6-14)20(34)26-17-21(35)31-18(23(36)37)13(11-39-22(17)31)10-30-7-3-4-12(9-30)8-15(32)33/h3-4,7,9,14,17,22H,1-2,5-6,8,10-11H2,(H4-,25,26,27,29,32,33,34,36,37)/t17?,22-/m0/s1. The van der Waals surface area contributed by atoms with Gasteiger partial charge >= 0.3 is 5.97 Å². The summed E-state index contributed by atoms with van der Waals surface area (Å²) in [6.45, 7) is 0.115. The first-order valence-electron chi connectivity index (χ1n) is 12.4. The maximum Gasteiger partial charge on any atom is 0.308 e. The van der Waals surface area contributed by atoms with Gasteiger partial charge in [0.1, 0.15) is 17.5 Å². The minimum atomic E-state index is -1.52. The lowest BCUT2D eigenvalue weighted by molar-refractivity contribution is -0.689. The van der Waals surface area contributed by atoms with Crippen LogP contribution in [0.1, 0.15) is 37.1 Å². The zero-order chi connectivity index (χ0) is 28.4. The first kappa shape index (κ1) is 27.5. The molecule has 40 heavy (non-hydrogen) atoms. The highest BCUT2D eigenvalue weighted by atomic mass is 32.2. The molecule has 2 aliphatic heterocycles. The third-order valence-electron chi connectivity index (χ3n) is 6.64. The molecule has 1 saturated carbocycles. The van der Waals surface area contributed by atoms with Crippen LogP contribution in [0.2, 0.25) is 0 Å². The predicted molar refractivity (Wildman–Crippen MR) is 139 cm³/mol. The normalized spacial score (nSPS) is 21.1. The third kappa shape index (κ3) is 5.77. The van der Waals surface area contributed by atoms with Crippen LogP contribution in [-0.2, 0) is 37.0 Å². The number of β-lactam (4-membered cyclic amide) rings is 1. The average molecular weight is 588 g/mol. The highest BCUT2D eigenvalue weighted by Gasteiger charge is 2.53. The summed E-state index contributed by atoms with van der Waals surface area (Å²) in [5.41, 5.74) is 6.16. The number of nitrogens with zero attached hydrogens (tertiary/aromatic N) is 5. The van der Waals surface area contributed by atoms with E-state index in [4.69, 9.17) is 15.7 Å². The second-order valence-corrected chi connectivity index (χ2v) is 11.4. The quantitative estimate of drug-likeness (QED) is 0.130. The van der Waals surface area contributed by atoms with Crippen LogP contribution >= 0.6 is 23.3 Å². The fraction of sp³-hybridized carbons (Fsp3) is 0.417. The number of hydrogen-bond acceptors (Lipinski definition) is 12. The first-order chi connectivity index (χ1) is 19.2. The van der Waals surface area contributed by atoms with Gasteiger partial charge in [-0.1, -0.05) is 5.16 Å². The molecular formula is C24H25N7O7S2. The van der Waals surface area contributed by atoms with Crippen molar-refractivity contribution in [2.75, 3.05) is 11.5 Å². The molecule has 4 N–H and O–H groups in total. The number of carboxylic acid groups (broad SMARTS) is 2. The number of fused-ring (bicyclic) bond motifs is 1. The van der Waals surface area contributed by atoms with Crippen molar-refractivity contribution in [2.45, 2.75) is 56.2 Å². The van der Waals surface area contributed by atoms with Gasteiger partial charge in [-0.15, -0.1) is 11.8 Å². The van der Waals surface area contributed by atoms with Gasteiger partial charge in [-0.2, -0.15) is 9.36 Å². The maximum absolute atomic E-state index is 13.2. The van der Waals surface area contributed by atoms with E-state index in [-0.39, 0.29) is 47.2 Å². The van der Waals surface area contributed by atoms with E-state index >= 15 is 0 Å². The lowest BCUT2D eigenvalue weighted by atomic mass is 10.0. The topological polar surface area (TPSA) is 204 Å². The predicted octanol–water partition coefficient (Wildman–Crippen LogP) is -1.20. The minimum Gasteiger partial charge on any atom is -0.543 e. The number of hydrogen-bond donors (Lipinski definition) is 3. The zero-order valence-electron chi connectivity index (χ0n) is 21.0. The van der Waals surface area contributed by atoms with Gasteiger partial charge in [0.2, 0.25) is 11.5 Å². The molecule has 0 aromatic carbocycles. The maximum atomic E-state index is 13.2. The molecule has 1 aliphatic carbocycles. The Bertz CT molecular complexity index is 1420. The van der Waals surface area contributed by atoms with Crippen LogP contribution < -0.4 is 20.7 Å². The van der Waals surface area contributed by atoms with Gasteiger partial charge in [0.05, 0.1) is 18.1 Å². The average Bonchev–Trinajstić information content (AvgIpc) is 3.59. The number of carbonyl (C=O) groups excluding carboxylic acids is 3. The van der Waals surface area contributed by atoms with Crippen LogP contribution in [0.3, 0.4) is 0 Å². The van der Waals surface area contributed by atoms with Crippen LogP contribution in [0.5, 0.6) is 0 Å². The number of carbonyl (C=O) groups is 4. The number of nitrogens with two attached hydrogens (primary N) is 1. The molecule has 2 aromatic heterocycles. The molecule has 14 nitrogen and oxygen atoms in total.